The van der Waals surface area contributed by atoms with Gasteiger partial charge in [-0.25, -0.2) is 0 Å². The van der Waals surface area contributed by atoms with E-state index in [1.165, 1.54) is 25.7 Å². The van der Waals surface area contributed by atoms with Crippen molar-refractivity contribution in [2.24, 2.45) is 5.92 Å². The molecule has 1 rings (SSSR count). The van der Waals surface area contributed by atoms with Crippen LogP contribution in [0.3, 0.4) is 0 Å². The minimum atomic E-state index is 0.943. The van der Waals surface area contributed by atoms with Gasteiger partial charge >= 0.3 is 0 Å². The van der Waals surface area contributed by atoms with Gasteiger partial charge in [0, 0.05) is 0 Å². The quantitative estimate of drug-likeness (QED) is 0.486. The van der Waals surface area contributed by atoms with Gasteiger partial charge in [0.1, 0.15) is 0 Å². The molecule has 0 saturated carbocycles. The molecule has 0 saturated heterocycles. The van der Waals surface area contributed by atoms with E-state index in [2.05, 4.69) is 20.8 Å². The Hall–Kier alpha value is -0.260. The van der Waals surface area contributed by atoms with E-state index in [1.54, 1.807) is 11.1 Å². The molecule has 0 aromatic carbocycles. The van der Waals surface area contributed by atoms with Gasteiger partial charge in [-0.2, -0.15) is 0 Å². The molecule has 0 aromatic rings. The first-order chi connectivity index (χ1) is 4.74. The van der Waals surface area contributed by atoms with Crippen LogP contribution in [0.5, 0.6) is 0 Å². The van der Waals surface area contributed by atoms with Crippen LogP contribution in [0.15, 0.2) is 11.1 Å². The third-order valence-corrected chi connectivity index (χ3v) is 2.64. The van der Waals surface area contributed by atoms with E-state index in [1.807, 2.05) is 0 Å². The van der Waals surface area contributed by atoms with Crippen LogP contribution in [0.2, 0.25) is 0 Å². The van der Waals surface area contributed by atoms with Crippen molar-refractivity contribution in [3.63, 3.8) is 0 Å². The maximum atomic E-state index is 2.36. The Bertz CT molecular complexity index is 142. The largest absolute Gasteiger partial charge is 0.0741 e. The second kappa shape index (κ2) is 3.23. The predicted octanol–water partition coefficient (Wildman–Crippen LogP) is 3.53. The molecule has 1 atom stereocenters. The minimum Gasteiger partial charge on any atom is -0.0741 e. The molecule has 0 aromatic heterocycles. The molecule has 0 spiro atoms. The Balaban J connectivity index is 2.62. The zero-order valence-electron chi connectivity index (χ0n) is 7.41. The summed E-state index contributed by atoms with van der Waals surface area (Å²) in [5.74, 6) is 0.943. The molecule has 10 heavy (non-hydrogen) atoms. The molecule has 0 heteroatoms. The van der Waals surface area contributed by atoms with Crippen LogP contribution >= 0.6 is 0 Å². The Morgan fingerprint density at radius 3 is 2.70 bits per heavy atom. The fourth-order valence-corrected chi connectivity index (χ4v) is 1.78. The van der Waals surface area contributed by atoms with Crippen molar-refractivity contribution in [2.75, 3.05) is 0 Å². The van der Waals surface area contributed by atoms with Crippen molar-refractivity contribution < 1.29 is 0 Å². The van der Waals surface area contributed by atoms with Gasteiger partial charge < -0.3 is 0 Å². The van der Waals surface area contributed by atoms with Crippen molar-refractivity contribution in [2.45, 2.75) is 46.5 Å². The first kappa shape index (κ1) is 7.84. The topological polar surface area (TPSA) is 0 Å². The van der Waals surface area contributed by atoms with Crippen LogP contribution in [-0.2, 0) is 0 Å². The fourth-order valence-electron chi connectivity index (χ4n) is 1.78. The smallest absolute Gasteiger partial charge is 0.0292 e. The summed E-state index contributed by atoms with van der Waals surface area (Å²) in [5, 5.41) is 0. The molecule has 1 unspecified atom stereocenters. The maximum absolute atomic E-state index is 2.36. The van der Waals surface area contributed by atoms with Gasteiger partial charge in [0.15, 0.2) is 0 Å². The Morgan fingerprint density at radius 2 is 2.20 bits per heavy atom. The normalized spacial score (nSPS) is 27.3. The lowest BCUT2D eigenvalue weighted by atomic mass is 9.84. The highest BCUT2D eigenvalue weighted by Gasteiger charge is 2.12. The standard InChI is InChI=1S/C10H18/c1-4-10-7-8(2)5-6-9(10)3/h8H,4-7H2,1-3H3. The highest BCUT2D eigenvalue weighted by Crippen LogP contribution is 2.30. The molecule has 1 aliphatic rings. The van der Waals surface area contributed by atoms with E-state index in [0.717, 1.165) is 5.92 Å². The summed E-state index contributed by atoms with van der Waals surface area (Å²) >= 11 is 0. The lowest BCUT2D eigenvalue weighted by Crippen LogP contribution is -2.05. The van der Waals surface area contributed by atoms with Gasteiger partial charge in [-0.1, -0.05) is 25.0 Å². The average molecular weight is 138 g/mol. The molecule has 0 radical (unpaired) electrons. The summed E-state index contributed by atoms with van der Waals surface area (Å²) in [6.07, 6.45) is 5.40. The molecule has 58 valence electrons. The molecule has 1 aliphatic carbocycles. The summed E-state index contributed by atoms with van der Waals surface area (Å²) < 4.78 is 0. The number of hydrogen-bond acceptors (Lipinski definition) is 0. The summed E-state index contributed by atoms with van der Waals surface area (Å²) in [5.41, 5.74) is 3.39. The van der Waals surface area contributed by atoms with E-state index in [4.69, 9.17) is 0 Å². The van der Waals surface area contributed by atoms with Crippen molar-refractivity contribution in [3.8, 4) is 0 Å². The lowest BCUT2D eigenvalue weighted by molar-refractivity contribution is 0.488. The van der Waals surface area contributed by atoms with Crippen molar-refractivity contribution in [3.05, 3.63) is 11.1 Å². The predicted molar refractivity (Wildman–Crippen MR) is 46.0 cm³/mol. The van der Waals surface area contributed by atoms with Crippen LogP contribution in [0, 0.1) is 5.92 Å². The highest BCUT2D eigenvalue weighted by molar-refractivity contribution is 5.15. The first-order valence-corrected chi connectivity index (χ1v) is 4.41. The van der Waals surface area contributed by atoms with Gasteiger partial charge in [-0.05, 0) is 38.5 Å². The Morgan fingerprint density at radius 1 is 1.50 bits per heavy atom. The third kappa shape index (κ3) is 1.62. The van der Waals surface area contributed by atoms with E-state index in [-0.39, 0.29) is 0 Å². The zero-order valence-corrected chi connectivity index (χ0v) is 7.41. The van der Waals surface area contributed by atoms with Crippen LogP contribution in [0.4, 0.5) is 0 Å². The number of hydrogen-bond donors (Lipinski definition) is 0. The molecule has 0 fully saturated rings. The van der Waals surface area contributed by atoms with Crippen molar-refractivity contribution in [1.29, 1.82) is 0 Å². The summed E-state index contributed by atoms with van der Waals surface area (Å²) in [4.78, 5) is 0. The Kier molecular flexibility index (Phi) is 2.53. The fraction of sp³-hybridized carbons (Fsp3) is 0.800. The summed E-state index contributed by atoms with van der Waals surface area (Å²) in [7, 11) is 0. The molecular weight excluding hydrogens is 120 g/mol. The molecule has 0 bridgehead atoms. The molecule has 0 aliphatic heterocycles. The van der Waals surface area contributed by atoms with Gasteiger partial charge in [0.2, 0.25) is 0 Å². The van der Waals surface area contributed by atoms with Gasteiger partial charge in [-0.15, -0.1) is 0 Å². The minimum absolute atomic E-state index is 0.943. The van der Waals surface area contributed by atoms with Crippen LogP contribution in [0.25, 0.3) is 0 Å². The van der Waals surface area contributed by atoms with Crippen LogP contribution < -0.4 is 0 Å². The molecular formula is C10H18. The first-order valence-electron chi connectivity index (χ1n) is 4.41. The van der Waals surface area contributed by atoms with Crippen molar-refractivity contribution >= 4 is 0 Å². The monoisotopic (exact) mass is 138 g/mol. The summed E-state index contributed by atoms with van der Waals surface area (Å²) in [6.45, 7) is 6.93. The zero-order chi connectivity index (χ0) is 7.56. The third-order valence-electron chi connectivity index (χ3n) is 2.64. The second-order valence-electron chi connectivity index (χ2n) is 3.59. The van der Waals surface area contributed by atoms with E-state index in [9.17, 15) is 0 Å². The van der Waals surface area contributed by atoms with Gasteiger partial charge in [0.05, 0.1) is 0 Å². The highest BCUT2D eigenvalue weighted by atomic mass is 14.2. The summed E-state index contributed by atoms with van der Waals surface area (Å²) in [6, 6.07) is 0. The number of allylic oxidation sites excluding steroid dienone is 2. The Labute approximate surface area is 64.3 Å². The SMILES string of the molecule is CCC1=C(C)CCC(C)C1. The number of rotatable bonds is 1. The van der Waals surface area contributed by atoms with Crippen molar-refractivity contribution in [1.82, 2.24) is 0 Å². The van der Waals surface area contributed by atoms with Crippen LogP contribution in [0.1, 0.15) is 46.5 Å². The second-order valence-corrected chi connectivity index (χ2v) is 3.59. The lowest BCUT2D eigenvalue weighted by Gasteiger charge is -2.22. The molecule has 0 nitrogen and oxygen atoms in total. The van der Waals surface area contributed by atoms with E-state index in [0.29, 0.717) is 0 Å². The molecule has 0 heterocycles. The van der Waals surface area contributed by atoms with Crippen LogP contribution in [-0.4, -0.2) is 0 Å². The molecule has 0 N–H and O–H groups in total. The molecule has 0 amide bonds. The maximum Gasteiger partial charge on any atom is -0.0292 e. The van der Waals surface area contributed by atoms with E-state index >= 15 is 0 Å². The van der Waals surface area contributed by atoms with E-state index < -0.39 is 0 Å². The van der Waals surface area contributed by atoms with Gasteiger partial charge in [-0.3, -0.25) is 0 Å². The van der Waals surface area contributed by atoms with Gasteiger partial charge in [0.25, 0.3) is 0 Å². The average Bonchev–Trinajstić information content (AvgIpc) is 1.94.